The van der Waals surface area contributed by atoms with Gasteiger partial charge in [-0.2, -0.15) is 0 Å². The molecule has 2 heterocycles. The van der Waals surface area contributed by atoms with Gasteiger partial charge in [0, 0.05) is 33.1 Å². The van der Waals surface area contributed by atoms with E-state index >= 15 is 0 Å². The Hall–Kier alpha value is -1.85. The molecular formula is C14H10BrClN4. The second kappa shape index (κ2) is 5.26. The zero-order valence-corrected chi connectivity index (χ0v) is 12.6. The molecule has 0 atom stereocenters. The molecule has 2 N–H and O–H groups in total. The highest BCUT2D eigenvalue weighted by molar-refractivity contribution is 9.10. The van der Waals surface area contributed by atoms with Crippen LogP contribution < -0.4 is 5.73 Å². The van der Waals surface area contributed by atoms with Crippen LogP contribution in [0.4, 0.5) is 5.69 Å². The van der Waals surface area contributed by atoms with E-state index in [4.69, 9.17) is 17.3 Å². The van der Waals surface area contributed by atoms with E-state index in [1.807, 2.05) is 22.8 Å². The standard InChI is InChI=1S/C14H10BrClN4/c15-11-5-9(16)1-2-13(11)20-8-19-7-14(20)10-6-18-4-3-12(10)17/h1-8H,(H2,17,18). The van der Waals surface area contributed by atoms with Crippen LogP contribution in [0.2, 0.25) is 5.02 Å². The van der Waals surface area contributed by atoms with Crippen molar-refractivity contribution in [2.24, 2.45) is 0 Å². The summed E-state index contributed by atoms with van der Waals surface area (Å²) in [5, 5.41) is 0.670. The summed E-state index contributed by atoms with van der Waals surface area (Å²) in [5.41, 5.74) is 9.31. The van der Waals surface area contributed by atoms with Crippen molar-refractivity contribution in [1.29, 1.82) is 0 Å². The van der Waals surface area contributed by atoms with Gasteiger partial charge in [0.1, 0.15) is 0 Å². The lowest BCUT2D eigenvalue weighted by Gasteiger charge is -2.11. The molecule has 0 fully saturated rings. The minimum atomic E-state index is 0.659. The predicted molar refractivity (Wildman–Crippen MR) is 83.9 cm³/mol. The number of benzene rings is 1. The highest BCUT2D eigenvalue weighted by atomic mass is 79.9. The Bertz CT molecular complexity index is 769. The van der Waals surface area contributed by atoms with Crippen LogP contribution in [0.3, 0.4) is 0 Å². The molecule has 0 spiro atoms. The fraction of sp³-hybridized carbons (Fsp3) is 0. The minimum absolute atomic E-state index is 0.659. The average molecular weight is 350 g/mol. The predicted octanol–water partition coefficient (Wildman–Crippen LogP) is 3.93. The molecule has 2 aromatic heterocycles. The fourth-order valence-electron chi connectivity index (χ4n) is 1.98. The van der Waals surface area contributed by atoms with E-state index in [0.29, 0.717) is 10.7 Å². The Morgan fingerprint density at radius 2 is 2.00 bits per heavy atom. The molecule has 0 aliphatic rings. The molecule has 4 nitrogen and oxygen atoms in total. The molecule has 1 aromatic carbocycles. The number of hydrogen-bond acceptors (Lipinski definition) is 3. The number of nitrogens with zero attached hydrogens (tertiary/aromatic N) is 3. The van der Waals surface area contributed by atoms with Crippen molar-refractivity contribution < 1.29 is 0 Å². The number of anilines is 1. The number of pyridine rings is 1. The van der Waals surface area contributed by atoms with Gasteiger partial charge in [0.05, 0.1) is 23.9 Å². The van der Waals surface area contributed by atoms with Crippen molar-refractivity contribution >= 4 is 33.2 Å². The van der Waals surface area contributed by atoms with Crippen LogP contribution in [0.5, 0.6) is 0 Å². The van der Waals surface area contributed by atoms with Gasteiger partial charge in [-0.05, 0) is 40.2 Å². The van der Waals surface area contributed by atoms with Gasteiger partial charge in [-0.3, -0.25) is 9.55 Å². The largest absolute Gasteiger partial charge is 0.398 e. The number of nitrogen functional groups attached to an aromatic ring is 1. The van der Waals surface area contributed by atoms with Gasteiger partial charge in [-0.25, -0.2) is 4.98 Å². The first-order valence-electron chi connectivity index (χ1n) is 5.84. The van der Waals surface area contributed by atoms with Crippen molar-refractivity contribution in [3.63, 3.8) is 0 Å². The van der Waals surface area contributed by atoms with Crippen molar-refractivity contribution in [3.8, 4) is 16.9 Å². The molecule has 0 radical (unpaired) electrons. The Morgan fingerprint density at radius 1 is 1.15 bits per heavy atom. The Labute approximate surface area is 129 Å². The summed E-state index contributed by atoms with van der Waals surface area (Å²) in [6.45, 7) is 0. The first kappa shape index (κ1) is 13.1. The molecule has 3 rings (SSSR count). The lowest BCUT2D eigenvalue weighted by atomic mass is 10.2. The molecule has 0 aliphatic carbocycles. The highest BCUT2D eigenvalue weighted by Crippen LogP contribution is 2.31. The van der Waals surface area contributed by atoms with Crippen molar-refractivity contribution in [2.75, 3.05) is 5.73 Å². The number of halogens is 2. The van der Waals surface area contributed by atoms with Gasteiger partial charge in [0.2, 0.25) is 0 Å². The third-order valence-electron chi connectivity index (χ3n) is 2.94. The van der Waals surface area contributed by atoms with Crippen molar-refractivity contribution in [1.82, 2.24) is 14.5 Å². The van der Waals surface area contributed by atoms with Crippen LogP contribution in [0.15, 0.2) is 53.7 Å². The van der Waals surface area contributed by atoms with Crippen molar-refractivity contribution in [3.05, 3.63) is 58.7 Å². The van der Waals surface area contributed by atoms with Gasteiger partial charge < -0.3 is 5.73 Å². The van der Waals surface area contributed by atoms with E-state index in [9.17, 15) is 0 Å². The van der Waals surface area contributed by atoms with E-state index in [-0.39, 0.29) is 0 Å². The van der Waals surface area contributed by atoms with Crippen LogP contribution in [-0.4, -0.2) is 14.5 Å². The summed E-state index contributed by atoms with van der Waals surface area (Å²) < 4.78 is 2.82. The van der Waals surface area contributed by atoms with E-state index in [0.717, 1.165) is 21.4 Å². The number of nitrogens with two attached hydrogens (primary N) is 1. The molecule has 0 bridgehead atoms. The van der Waals surface area contributed by atoms with Gasteiger partial charge in [-0.1, -0.05) is 11.6 Å². The monoisotopic (exact) mass is 348 g/mol. The zero-order valence-electron chi connectivity index (χ0n) is 10.3. The number of hydrogen-bond donors (Lipinski definition) is 1. The highest BCUT2D eigenvalue weighted by Gasteiger charge is 2.12. The topological polar surface area (TPSA) is 56.7 Å². The van der Waals surface area contributed by atoms with Gasteiger partial charge in [-0.15, -0.1) is 0 Å². The fourth-order valence-corrected chi connectivity index (χ4v) is 2.86. The van der Waals surface area contributed by atoms with Crippen LogP contribution in [0, 0.1) is 0 Å². The minimum Gasteiger partial charge on any atom is -0.398 e. The molecule has 0 amide bonds. The van der Waals surface area contributed by atoms with Crippen LogP contribution in [-0.2, 0) is 0 Å². The molecule has 0 saturated carbocycles. The smallest absolute Gasteiger partial charge is 0.0997 e. The van der Waals surface area contributed by atoms with E-state index in [1.54, 1.807) is 31.0 Å². The molecule has 100 valence electrons. The van der Waals surface area contributed by atoms with Crippen LogP contribution in [0.1, 0.15) is 0 Å². The number of aromatic nitrogens is 3. The SMILES string of the molecule is Nc1ccncc1-c1cncn1-c1ccc(Cl)cc1Br. The maximum absolute atomic E-state index is 6.01. The van der Waals surface area contributed by atoms with E-state index in [2.05, 4.69) is 25.9 Å². The molecule has 0 unspecified atom stereocenters. The van der Waals surface area contributed by atoms with E-state index in [1.165, 1.54) is 0 Å². The van der Waals surface area contributed by atoms with Crippen LogP contribution >= 0.6 is 27.5 Å². The maximum atomic E-state index is 6.01. The summed E-state index contributed by atoms with van der Waals surface area (Å²) >= 11 is 9.49. The second-order valence-corrected chi connectivity index (χ2v) is 5.50. The second-order valence-electron chi connectivity index (χ2n) is 4.21. The van der Waals surface area contributed by atoms with Gasteiger partial charge >= 0.3 is 0 Å². The van der Waals surface area contributed by atoms with Crippen LogP contribution in [0.25, 0.3) is 16.9 Å². The molecular weight excluding hydrogens is 340 g/mol. The third-order valence-corrected chi connectivity index (χ3v) is 3.81. The quantitative estimate of drug-likeness (QED) is 0.762. The first-order valence-corrected chi connectivity index (χ1v) is 7.01. The molecule has 6 heteroatoms. The van der Waals surface area contributed by atoms with E-state index < -0.39 is 0 Å². The Kier molecular flexibility index (Phi) is 3.46. The summed E-state index contributed by atoms with van der Waals surface area (Å²) in [6.07, 6.45) is 6.88. The summed E-state index contributed by atoms with van der Waals surface area (Å²) in [6, 6.07) is 7.36. The zero-order chi connectivity index (χ0) is 14.1. The third kappa shape index (κ3) is 2.30. The lowest BCUT2D eigenvalue weighted by molar-refractivity contribution is 1.05. The van der Waals surface area contributed by atoms with Gasteiger partial charge in [0.15, 0.2) is 0 Å². The number of imidazole rings is 1. The Morgan fingerprint density at radius 3 is 2.75 bits per heavy atom. The molecule has 0 saturated heterocycles. The summed E-state index contributed by atoms with van der Waals surface area (Å²) in [7, 11) is 0. The van der Waals surface area contributed by atoms with Crippen molar-refractivity contribution in [2.45, 2.75) is 0 Å². The average Bonchev–Trinajstić information content (AvgIpc) is 2.88. The molecule has 0 aliphatic heterocycles. The lowest BCUT2D eigenvalue weighted by Crippen LogP contribution is -1.99. The molecule has 20 heavy (non-hydrogen) atoms. The summed E-state index contributed by atoms with van der Waals surface area (Å²) in [5.74, 6) is 0. The van der Waals surface area contributed by atoms with Gasteiger partial charge in [0.25, 0.3) is 0 Å². The first-order chi connectivity index (χ1) is 9.66. The normalized spacial score (nSPS) is 10.7. The Balaban J connectivity index is 2.18. The number of rotatable bonds is 2. The molecule has 3 aromatic rings. The maximum Gasteiger partial charge on any atom is 0.0997 e. The summed E-state index contributed by atoms with van der Waals surface area (Å²) in [4.78, 5) is 8.32.